The summed E-state index contributed by atoms with van der Waals surface area (Å²) >= 11 is 1.72. The molecule has 3 rings (SSSR count). The van der Waals surface area contributed by atoms with Crippen LogP contribution in [-0.4, -0.2) is 22.2 Å². The average Bonchev–Trinajstić information content (AvgIpc) is 3.16. The second kappa shape index (κ2) is 6.69. The standard InChI is InChI=1S/C17H22N2OS/c20-13-17(8-4-5-9-17)18-11-15-12-21-16(19-15)10-14-6-2-1-3-7-14/h1-3,6-7,12,18,20H,4-5,8-11,13H2. The maximum absolute atomic E-state index is 9.61. The highest BCUT2D eigenvalue weighted by molar-refractivity contribution is 7.09. The van der Waals surface area contributed by atoms with Crippen LogP contribution in [0.1, 0.15) is 41.9 Å². The topological polar surface area (TPSA) is 45.1 Å². The van der Waals surface area contributed by atoms with Gasteiger partial charge in [-0.05, 0) is 18.4 Å². The predicted molar refractivity (Wildman–Crippen MR) is 86.5 cm³/mol. The van der Waals surface area contributed by atoms with Gasteiger partial charge < -0.3 is 10.4 Å². The molecule has 3 nitrogen and oxygen atoms in total. The lowest BCUT2D eigenvalue weighted by Gasteiger charge is -2.27. The van der Waals surface area contributed by atoms with Gasteiger partial charge in [0, 0.05) is 23.9 Å². The minimum absolute atomic E-state index is 0.0663. The predicted octanol–water partition coefficient (Wildman–Crippen LogP) is 3.13. The molecule has 1 fully saturated rings. The molecule has 21 heavy (non-hydrogen) atoms. The summed E-state index contributed by atoms with van der Waals surface area (Å²) in [5.74, 6) is 0. The Kier molecular flexibility index (Phi) is 4.68. The van der Waals surface area contributed by atoms with Crippen LogP contribution >= 0.6 is 11.3 Å². The zero-order valence-electron chi connectivity index (χ0n) is 12.2. The van der Waals surface area contributed by atoms with Crippen molar-refractivity contribution < 1.29 is 5.11 Å². The summed E-state index contributed by atoms with van der Waals surface area (Å²) in [5, 5.41) is 16.4. The Balaban J connectivity index is 1.58. The van der Waals surface area contributed by atoms with Gasteiger partial charge in [-0.15, -0.1) is 11.3 Å². The minimum Gasteiger partial charge on any atom is -0.394 e. The average molecular weight is 302 g/mol. The summed E-state index contributed by atoms with van der Waals surface area (Å²) in [6.07, 6.45) is 5.47. The third-order valence-electron chi connectivity index (χ3n) is 4.31. The fourth-order valence-electron chi connectivity index (χ4n) is 3.00. The third kappa shape index (κ3) is 3.70. The first kappa shape index (κ1) is 14.7. The molecule has 112 valence electrons. The molecule has 0 spiro atoms. The number of nitrogens with zero attached hydrogens (tertiary/aromatic N) is 1. The number of rotatable bonds is 6. The minimum atomic E-state index is -0.0663. The van der Waals surface area contributed by atoms with Crippen molar-refractivity contribution in [2.45, 2.75) is 44.2 Å². The molecule has 2 N–H and O–H groups in total. The van der Waals surface area contributed by atoms with Crippen LogP contribution in [0.5, 0.6) is 0 Å². The molecule has 0 atom stereocenters. The van der Waals surface area contributed by atoms with Crippen LogP contribution in [0.2, 0.25) is 0 Å². The fourth-order valence-corrected chi connectivity index (χ4v) is 3.83. The summed E-state index contributed by atoms with van der Waals surface area (Å²) in [6.45, 7) is 0.986. The van der Waals surface area contributed by atoms with Gasteiger partial charge in [0.05, 0.1) is 17.3 Å². The highest BCUT2D eigenvalue weighted by Gasteiger charge is 2.32. The largest absolute Gasteiger partial charge is 0.394 e. The molecule has 1 aromatic heterocycles. The van der Waals surface area contributed by atoms with E-state index < -0.39 is 0 Å². The normalized spacial score (nSPS) is 17.2. The molecular formula is C17H22N2OS. The van der Waals surface area contributed by atoms with Crippen molar-refractivity contribution in [1.29, 1.82) is 0 Å². The summed E-state index contributed by atoms with van der Waals surface area (Å²) in [4.78, 5) is 4.71. The van der Waals surface area contributed by atoms with Gasteiger partial charge in [-0.1, -0.05) is 43.2 Å². The van der Waals surface area contributed by atoms with Crippen molar-refractivity contribution in [3.8, 4) is 0 Å². The second-order valence-electron chi connectivity index (χ2n) is 5.89. The molecule has 0 amide bonds. The number of thiazole rings is 1. The monoisotopic (exact) mass is 302 g/mol. The maximum atomic E-state index is 9.61. The zero-order chi connectivity index (χ0) is 14.5. The number of aliphatic hydroxyl groups excluding tert-OH is 1. The Hall–Kier alpha value is -1.23. The molecule has 1 aromatic carbocycles. The molecule has 4 heteroatoms. The lowest BCUT2D eigenvalue weighted by Crippen LogP contribution is -2.45. The zero-order valence-corrected chi connectivity index (χ0v) is 13.0. The number of nitrogens with one attached hydrogen (secondary N) is 1. The van der Waals surface area contributed by atoms with E-state index in [1.807, 2.05) is 6.07 Å². The highest BCUT2D eigenvalue weighted by Crippen LogP contribution is 2.29. The molecule has 1 aliphatic rings. The van der Waals surface area contributed by atoms with E-state index in [2.05, 4.69) is 35.0 Å². The molecule has 0 saturated heterocycles. The van der Waals surface area contributed by atoms with Gasteiger partial charge in [0.1, 0.15) is 0 Å². The molecule has 0 aliphatic heterocycles. The molecular weight excluding hydrogens is 280 g/mol. The van der Waals surface area contributed by atoms with Crippen molar-refractivity contribution >= 4 is 11.3 Å². The Labute approximate surface area is 130 Å². The molecule has 1 heterocycles. The number of hydrogen-bond acceptors (Lipinski definition) is 4. The Bertz CT molecular complexity index is 561. The van der Waals surface area contributed by atoms with Gasteiger partial charge in [0.15, 0.2) is 0 Å². The SMILES string of the molecule is OCC1(NCc2csc(Cc3ccccc3)n2)CCCC1. The van der Waals surface area contributed by atoms with Crippen LogP contribution in [0, 0.1) is 0 Å². The molecule has 0 bridgehead atoms. The fraction of sp³-hybridized carbons (Fsp3) is 0.471. The Morgan fingerprint density at radius 2 is 1.95 bits per heavy atom. The number of hydrogen-bond donors (Lipinski definition) is 2. The summed E-state index contributed by atoms with van der Waals surface area (Å²) in [7, 11) is 0. The van der Waals surface area contributed by atoms with Crippen molar-refractivity contribution in [2.75, 3.05) is 6.61 Å². The van der Waals surface area contributed by atoms with Gasteiger partial charge in [0.25, 0.3) is 0 Å². The van der Waals surface area contributed by atoms with Gasteiger partial charge in [0.2, 0.25) is 0 Å². The molecule has 0 unspecified atom stereocenters. The third-order valence-corrected chi connectivity index (χ3v) is 5.20. The first-order chi connectivity index (χ1) is 10.3. The lowest BCUT2D eigenvalue weighted by molar-refractivity contribution is 0.162. The van der Waals surface area contributed by atoms with E-state index in [9.17, 15) is 5.11 Å². The first-order valence-corrected chi connectivity index (χ1v) is 8.51. The van der Waals surface area contributed by atoms with E-state index in [1.54, 1.807) is 11.3 Å². The Morgan fingerprint density at radius 1 is 1.19 bits per heavy atom. The number of aromatic nitrogens is 1. The lowest BCUT2D eigenvalue weighted by atomic mass is 9.99. The van der Waals surface area contributed by atoms with E-state index in [0.717, 1.165) is 36.5 Å². The van der Waals surface area contributed by atoms with E-state index in [0.29, 0.717) is 0 Å². The van der Waals surface area contributed by atoms with Gasteiger partial charge in [-0.25, -0.2) is 4.98 Å². The Morgan fingerprint density at radius 3 is 2.67 bits per heavy atom. The van der Waals surface area contributed by atoms with E-state index >= 15 is 0 Å². The van der Waals surface area contributed by atoms with Crippen molar-refractivity contribution in [2.24, 2.45) is 0 Å². The van der Waals surface area contributed by atoms with Crippen molar-refractivity contribution in [1.82, 2.24) is 10.3 Å². The van der Waals surface area contributed by atoms with Crippen LogP contribution in [0.15, 0.2) is 35.7 Å². The quantitative estimate of drug-likeness (QED) is 0.862. The highest BCUT2D eigenvalue weighted by atomic mass is 32.1. The first-order valence-electron chi connectivity index (χ1n) is 7.63. The summed E-state index contributed by atoms with van der Waals surface area (Å²) < 4.78 is 0. The maximum Gasteiger partial charge on any atom is 0.0972 e. The molecule has 0 radical (unpaired) electrons. The van der Waals surface area contributed by atoms with Crippen LogP contribution in [0.3, 0.4) is 0 Å². The smallest absolute Gasteiger partial charge is 0.0972 e. The van der Waals surface area contributed by atoms with Crippen molar-refractivity contribution in [3.05, 3.63) is 52.0 Å². The van der Waals surface area contributed by atoms with Gasteiger partial charge in [-0.2, -0.15) is 0 Å². The summed E-state index contributed by atoms with van der Waals surface area (Å²) in [6, 6.07) is 10.4. The van der Waals surface area contributed by atoms with Crippen LogP contribution in [0.25, 0.3) is 0 Å². The summed E-state index contributed by atoms with van der Waals surface area (Å²) in [5.41, 5.74) is 2.32. The molecule has 2 aromatic rings. The van der Waals surface area contributed by atoms with Gasteiger partial charge in [-0.3, -0.25) is 0 Å². The van der Waals surface area contributed by atoms with E-state index in [-0.39, 0.29) is 12.1 Å². The van der Waals surface area contributed by atoms with E-state index in [4.69, 9.17) is 4.98 Å². The van der Waals surface area contributed by atoms with E-state index in [1.165, 1.54) is 18.4 Å². The van der Waals surface area contributed by atoms with Gasteiger partial charge >= 0.3 is 0 Å². The number of aliphatic hydroxyl groups is 1. The molecule has 1 saturated carbocycles. The second-order valence-corrected chi connectivity index (χ2v) is 6.84. The van der Waals surface area contributed by atoms with Crippen LogP contribution in [0.4, 0.5) is 0 Å². The van der Waals surface area contributed by atoms with Crippen molar-refractivity contribution in [3.63, 3.8) is 0 Å². The molecule has 1 aliphatic carbocycles. The number of benzene rings is 1. The van der Waals surface area contributed by atoms with Crippen LogP contribution < -0.4 is 5.32 Å². The van der Waals surface area contributed by atoms with Crippen LogP contribution in [-0.2, 0) is 13.0 Å².